The first-order valence-electron chi connectivity index (χ1n) is 11.5. The summed E-state index contributed by atoms with van der Waals surface area (Å²) in [6.45, 7) is 5.06. The van der Waals surface area contributed by atoms with Gasteiger partial charge in [-0.1, -0.05) is 30.7 Å². The van der Waals surface area contributed by atoms with Crippen LogP contribution in [-0.2, 0) is 13.1 Å². The molecule has 0 amide bonds. The van der Waals surface area contributed by atoms with Gasteiger partial charge in [0.05, 0.1) is 22.3 Å². The molecule has 1 aliphatic rings. The van der Waals surface area contributed by atoms with Crippen LogP contribution in [-0.4, -0.2) is 45.1 Å². The molecule has 4 rings (SSSR count). The van der Waals surface area contributed by atoms with Crippen molar-refractivity contribution in [2.45, 2.75) is 45.7 Å². The first kappa shape index (κ1) is 23.3. The fourth-order valence-electron chi connectivity index (χ4n) is 4.42. The Morgan fingerprint density at radius 2 is 2.00 bits per heavy atom. The van der Waals surface area contributed by atoms with Crippen molar-refractivity contribution >= 4 is 28.2 Å². The second-order valence-electron chi connectivity index (χ2n) is 8.36. The molecule has 0 radical (unpaired) electrons. The van der Waals surface area contributed by atoms with Gasteiger partial charge in [-0.15, -0.1) is 0 Å². The topological polar surface area (TPSA) is 75.4 Å². The number of hydrogen-bond acceptors (Lipinski definition) is 4. The average molecular weight is 468 g/mol. The van der Waals surface area contributed by atoms with Crippen LogP contribution < -0.4 is 11.1 Å². The summed E-state index contributed by atoms with van der Waals surface area (Å²) in [5.74, 6) is 0. The van der Waals surface area contributed by atoms with Crippen molar-refractivity contribution in [1.82, 2.24) is 19.2 Å². The molecule has 8 heteroatoms. The van der Waals surface area contributed by atoms with E-state index in [1.54, 1.807) is 29.8 Å². The third-order valence-corrected chi connectivity index (χ3v) is 6.37. The molecule has 7 nitrogen and oxygen atoms in total. The Balaban J connectivity index is 1.83. The lowest BCUT2D eigenvalue weighted by Gasteiger charge is -2.19. The van der Waals surface area contributed by atoms with Gasteiger partial charge >= 0.3 is 0 Å². The molecule has 1 aliphatic heterocycles. The molecule has 0 saturated carbocycles. The van der Waals surface area contributed by atoms with Gasteiger partial charge in [-0.05, 0) is 56.6 Å². The molecule has 174 valence electrons. The number of halogens is 1. The summed E-state index contributed by atoms with van der Waals surface area (Å²) in [5.41, 5.74) is 2.58. The van der Waals surface area contributed by atoms with Crippen LogP contribution >= 0.6 is 11.6 Å². The summed E-state index contributed by atoms with van der Waals surface area (Å²) >= 11 is 6.15. The van der Waals surface area contributed by atoms with Gasteiger partial charge in [0, 0.05) is 43.4 Å². The van der Waals surface area contributed by atoms with Crippen molar-refractivity contribution < 1.29 is 0 Å². The van der Waals surface area contributed by atoms with Crippen molar-refractivity contribution in [2.75, 3.05) is 20.1 Å². The quantitative estimate of drug-likeness (QED) is 0.505. The van der Waals surface area contributed by atoms with Crippen molar-refractivity contribution in [3.8, 4) is 5.69 Å². The molecular formula is C25H30ClN5O2. The summed E-state index contributed by atoms with van der Waals surface area (Å²) in [6.07, 6.45) is 7.89. The normalized spacial score (nSPS) is 15.3. The zero-order valence-electron chi connectivity index (χ0n) is 19.2. The third kappa shape index (κ3) is 5.04. The predicted octanol–water partition coefficient (Wildman–Crippen LogP) is 4.16. The Bertz CT molecular complexity index is 1310. The fraction of sp³-hybridized carbons (Fsp3) is 0.400. The lowest BCUT2D eigenvalue weighted by molar-refractivity contribution is 0.321. The zero-order valence-corrected chi connectivity index (χ0v) is 19.9. The number of allylic oxidation sites excluding steroid dienone is 2. The van der Waals surface area contributed by atoms with Crippen LogP contribution in [0.5, 0.6) is 0 Å². The average Bonchev–Trinajstić information content (AvgIpc) is 3.43. The maximum absolute atomic E-state index is 13.6. The Hall–Kier alpha value is -2.90. The van der Waals surface area contributed by atoms with Crippen LogP contribution in [0.4, 0.5) is 0 Å². The van der Waals surface area contributed by atoms with E-state index in [-0.39, 0.29) is 11.1 Å². The summed E-state index contributed by atoms with van der Waals surface area (Å²) in [7, 11) is 1.77. The van der Waals surface area contributed by atoms with Crippen molar-refractivity contribution in [3.63, 3.8) is 0 Å². The summed E-state index contributed by atoms with van der Waals surface area (Å²) in [6, 6.07) is 8.64. The first-order chi connectivity index (χ1) is 16.0. The van der Waals surface area contributed by atoms with E-state index in [2.05, 4.69) is 28.0 Å². The molecule has 1 fully saturated rings. The highest BCUT2D eigenvalue weighted by Crippen LogP contribution is 2.20. The van der Waals surface area contributed by atoms with E-state index in [0.717, 1.165) is 43.8 Å². The molecule has 0 unspecified atom stereocenters. The zero-order chi connectivity index (χ0) is 23.4. The predicted molar refractivity (Wildman–Crippen MR) is 135 cm³/mol. The van der Waals surface area contributed by atoms with E-state index >= 15 is 0 Å². The number of fused-ring (bicyclic) bond motifs is 1. The smallest absolute Gasteiger partial charge is 0.280 e. The summed E-state index contributed by atoms with van der Waals surface area (Å²) < 4.78 is 3.22. The summed E-state index contributed by atoms with van der Waals surface area (Å²) in [5, 5.41) is 4.22. The lowest BCUT2D eigenvalue weighted by Crippen LogP contribution is -2.30. The van der Waals surface area contributed by atoms with Gasteiger partial charge < -0.3 is 4.57 Å². The number of H-pyrrole nitrogens is 1. The van der Waals surface area contributed by atoms with Crippen LogP contribution in [0, 0.1) is 0 Å². The Morgan fingerprint density at radius 1 is 1.21 bits per heavy atom. The largest absolute Gasteiger partial charge is 0.310 e. The van der Waals surface area contributed by atoms with Crippen LogP contribution in [0.3, 0.4) is 0 Å². The number of rotatable bonds is 8. The van der Waals surface area contributed by atoms with Crippen LogP contribution in [0.25, 0.3) is 16.6 Å². The minimum atomic E-state index is -0.175. The van der Waals surface area contributed by atoms with E-state index in [1.807, 2.05) is 12.1 Å². The SMILES string of the molecule is CC/C=C\C(CCn1c(CN2CCCC2)c2c(=O)n(-c3cccc(Cl)c3)[nH]c2cc1=O)=NC. The van der Waals surface area contributed by atoms with E-state index in [9.17, 15) is 9.59 Å². The molecule has 1 N–H and O–H groups in total. The molecule has 2 aromatic heterocycles. The van der Waals surface area contributed by atoms with E-state index in [1.165, 1.54) is 10.7 Å². The molecule has 0 bridgehead atoms. The van der Waals surface area contributed by atoms with Crippen molar-refractivity contribution in [2.24, 2.45) is 4.99 Å². The fourth-order valence-corrected chi connectivity index (χ4v) is 4.60. The number of nitrogens with zero attached hydrogens (tertiary/aromatic N) is 4. The molecule has 0 aliphatic carbocycles. The highest BCUT2D eigenvalue weighted by molar-refractivity contribution is 6.30. The van der Waals surface area contributed by atoms with Gasteiger partial charge in [-0.25, -0.2) is 4.68 Å². The van der Waals surface area contributed by atoms with Crippen LogP contribution in [0.1, 0.15) is 38.3 Å². The minimum absolute atomic E-state index is 0.119. The van der Waals surface area contributed by atoms with Gasteiger partial charge in [-0.2, -0.15) is 0 Å². The maximum atomic E-state index is 13.6. The first-order valence-corrected chi connectivity index (χ1v) is 11.9. The monoisotopic (exact) mass is 467 g/mol. The van der Waals surface area contributed by atoms with Gasteiger partial charge in [0.15, 0.2) is 0 Å². The second-order valence-corrected chi connectivity index (χ2v) is 8.80. The molecule has 3 heterocycles. The van der Waals surface area contributed by atoms with Crippen LogP contribution in [0.15, 0.2) is 57.1 Å². The molecular weight excluding hydrogens is 438 g/mol. The standard InChI is InChI=1S/C25H30ClN5O2/c1-3-4-9-19(27-2)11-14-30-22(17-29-12-5-6-13-29)24-21(16-23(30)32)28-31(25(24)33)20-10-7-8-18(26)15-20/h4,7-10,15-16,28H,3,5-6,11-14,17H2,1-2H3/b9-4-,27-19?. The molecule has 33 heavy (non-hydrogen) atoms. The number of nitrogens with one attached hydrogen (secondary N) is 1. The Labute approximate surface area is 198 Å². The highest BCUT2D eigenvalue weighted by Gasteiger charge is 2.21. The van der Waals surface area contributed by atoms with Gasteiger partial charge in [0.2, 0.25) is 0 Å². The molecule has 1 saturated heterocycles. The van der Waals surface area contributed by atoms with Gasteiger partial charge in [0.1, 0.15) is 0 Å². The van der Waals surface area contributed by atoms with Crippen molar-refractivity contribution in [1.29, 1.82) is 0 Å². The number of aromatic nitrogens is 3. The number of hydrogen-bond donors (Lipinski definition) is 1. The van der Waals surface area contributed by atoms with E-state index < -0.39 is 0 Å². The molecule has 3 aromatic rings. The number of likely N-dealkylation sites (tertiary alicyclic amines) is 1. The maximum Gasteiger partial charge on any atom is 0.280 e. The third-order valence-electron chi connectivity index (χ3n) is 6.13. The molecule has 0 atom stereocenters. The number of aliphatic imine (C=N–C) groups is 1. The van der Waals surface area contributed by atoms with E-state index in [4.69, 9.17) is 11.6 Å². The highest BCUT2D eigenvalue weighted by atomic mass is 35.5. The Morgan fingerprint density at radius 3 is 2.70 bits per heavy atom. The number of aromatic amines is 1. The molecule has 1 aromatic carbocycles. The summed E-state index contributed by atoms with van der Waals surface area (Å²) in [4.78, 5) is 33.4. The minimum Gasteiger partial charge on any atom is -0.310 e. The molecule has 0 spiro atoms. The van der Waals surface area contributed by atoms with Crippen molar-refractivity contribution in [3.05, 3.63) is 73.9 Å². The van der Waals surface area contributed by atoms with Gasteiger partial charge in [0.25, 0.3) is 11.1 Å². The number of pyridine rings is 1. The van der Waals surface area contributed by atoms with Gasteiger partial charge in [-0.3, -0.25) is 24.6 Å². The lowest BCUT2D eigenvalue weighted by atomic mass is 10.1. The number of benzene rings is 1. The van der Waals surface area contributed by atoms with Crippen LogP contribution in [0.2, 0.25) is 5.02 Å². The van der Waals surface area contributed by atoms with E-state index in [0.29, 0.717) is 41.1 Å². The second kappa shape index (κ2) is 10.4. The Kier molecular flexibility index (Phi) is 7.30.